The number of carbonyl (C=O) groups is 3. The Balaban J connectivity index is 1.19. The number of likely N-dealkylation sites (tertiary alicyclic amines) is 1. The molecule has 0 spiro atoms. The summed E-state index contributed by atoms with van der Waals surface area (Å²) in [5.41, 5.74) is 0.541. The maximum absolute atomic E-state index is 12.6. The molecule has 32 heavy (non-hydrogen) atoms. The highest BCUT2D eigenvalue weighted by molar-refractivity contribution is 5.98. The van der Waals surface area contributed by atoms with Crippen molar-refractivity contribution < 1.29 is 23.9 Å². The Labute approximate surface area is 189 Å². The van der Waals surface area contributed by atoms with Crippen molar-refractivity contribution in [1.82, 2.24) is 14.7 Å². The van der Waals surface area contributed by atoms with Gasteiger partial charge in [-0.3, -0.25) is 19.3 Å². The molecular formula is C24H33N3O5. The van der Waals surface area contributed by atoms with Crippen LogP contribution in [-0.2, 0) is 9.59 Å². The number of fused-ring (bicyclic) bond motifs is 1. The zero-order valence-corrected chi connectivity index (χ0v) is 18.7. The third kappa shape index (κ3) is 5.79. The number of hydrogen-bond donors (Lipinski definition) is 0. The van der Waals surface area contributed by atoms with Crippen molar-refractivity contribution >= 4 is 17.6 Å². The summed E-state index contributed by atoms with van der Waals surface area (Å²) in [4.78, 5) is 43.7. The molecule has 2 saturated heterocycles. The van der Waals surface area contributed by atoms with E-state index in [-0.39, 0.29) is 30.4 Å². The molecule has 8 heteroatoms. The fourth-order valence-corrected chi connectivity index (χ4v) is 4.51. The van der Waals surface area contributed by atoms with Crippen molar-refractivity contribution in [1.29, 1.82) is 0 Å². The highest BCUT2D eigenvalue weighted by Gasteiger charge is 2.25. The third-order valence-electron chi connectivity index (χ3n) is 6.47. The monoisotopic (exact) mass is 443 g/mol. The van der Waals surface area contributed by atoms with E-state index in [1.165, 1.54) is 12.8 Å². The summed E-state index contributed by atoms with van der Waals surface area (Å²) in [6.45, 7) is 5.75. The molecule has 4 rings (SSSR count). The molecule has 2 amide bonds. The number of benzene rings is 1. The molecule has 1 aromatic carbocycles. The lowest BCUT2D eigenvalue weighted by atomic mass is 10.1. The maximum atomic E-state index is 12.6. The molecule has 3 aliphatic rings. The molecule has 2 fully saturated rings. The predicted molar refractivity (Wildman–Crippen MR) is 119 cm³/mol. The van der Waals surface area contributed by atoms with Crippen molar-refractivity contribution in [3.63, 3.8) is 0 Å². The summed E-state index contributed by atoms with van der Waals surface area (Å²) in [7, 11) is 0. The fourth-order valence-electron chi connectivity index (χ4n) is 4.51. The van der Waals surface area contributed by atoms with Gasteiger partial charge in [0.15, 0.2) is 17.3 Å². The van der Waals surface area contributed by atoms with Gasteiger partial charge >= 0.3 is 0 Å². The van der Waals surface area contributed by atoms with Gasteiger partial charge < -0.3 is 19.3 Å². The molecule has 8 nitrogen and oxygen atoms in total. The minimum atomic E-state index is -0.0722. The second-order valence-corrected chi connectivity index (χ2v) is 8.73. The van der Waals surface area contributed by atoms with Crippen molar-refractivity contribution in [2.45, 2.75) is 38.5 Å². The summed E-state index contributed by atoms with van der Waals surface area (Å²) in [5.74, 6) is 1.36. The van der Waals surface area contributed by atoms with E-state index >= 15 is 0 Å². The summed E-state index contributed by atoms with van der Waals surface area (Å²) >= 11 is 0. The first-order valence-electron chi connectivity index (χ1n) is 11.8. The van der Waals surface area contributed by atoms with E-state index < -0.39 is 0 Å². The topological polar surface area (TPSA) is 79.4 Å². The number of Topliss-reactive ketones (excluding diaryl/α,β-unsaturated/α-hetero) is 1. The molecular weight excluding hydrogens is 410 g/mol. The normalized spacial score (nSPS) is 19.4. The molecule has 174 valence electrons. The van der Waals surface area contributed by atoms with Crippen LogP contribution in [0.1, 0.15) is 48.9 Å². The number of hydrogen-bond acceptors (Lipinski definition) is 6. The van der Waals surface area contributed by atoms with Crippen LogP contribution in [0.4, 0.5) is 0 Å². The van der Waals surface area contributed by atoms with Crippen LogP contribution >= 0.6 is 0 Å². The van der Waals surface area contributed by atoms with E-state index in [1.807, 2.05) is 9.80 Å². The summed E-state index contributed by atoms with van der Waals surface area (Å²) < 4.78 is 11.0. The zero-order valence-electron chi connectivity index (χ0n) is 18.7. The smallest absolute Gasteiger partial charge is 0.236 e. The highest BCUT2D eigenvalue weighted by Crippen LogP contribution is 2.31. The predicted octanol–water partition coefficient (Wildman–Crippen LogP) is 1.97. The SMILES string of the molecule is O=C(CCC(=O)N1CCN(CC(=O)N2CCCCCC2)CC1)c1ccc2c(c1)OCCO2. The van der Waals surface area contributed by atoms with Gasteiger partial charge in [0.05, 0.1) is 6.54 Å². The second-order valence-electron chi connectivity index (χ2n) is 8.73. The van der Waals surface area contributed by atoms with Crippen molar-refractivity contribution in [3.8, 4) is 11.5 Å². The summed E-state index contributed by atoms with van der Waals surface area (Å²) in [6.07, 6.45) is 4.98. The maximum Gasteiger partial charge on any atom is 0.236 e. The Morgan fingerprint density at radius 2 is 1.38 bits per heavy atom. The average molecular weight is 444 g/mol. The number of carbonyl (C=O) groups excluding carboxylic acids is 3. The van der Waals surface area contributed by atoms with Gasteiger partial charge in [-0.15, -0.1) is 0 Å². The van der Waals surface area contributed by atoms with Crippen LogP contribution in [0.25, 0.3) is 0 Å². The zero-order chi connectivity index (χ0) is 22.3. The summed E-state index contributed by atoms with van der Waals surface area (Å²) in [5, 5.41) is 0. The van der Waals surface area contributed by atoms with Crippen LogP contribution in [-0.4, -0.2) is 91.3 Å². The van der Waals surface area contributed by atoms with E-state index in [0.717, 1.165) is 25.9 Å². The molecule has 0 saturated carbocycles. The first-order chi connectivity index (χ1) is 15.6. The van der Waals surface area contributed by atoms with Gasteiger partial charge in [0.2, 0.25) is 11.8 Å². The largest absolute Gasteiger partial charge is 0.486 e. The molecule has 1 aromatic rings. The molecule has 0 atom stereocenters. The van der Waals surface area contributed by atoms with E-state index in [2.05, 4.69) is 4.90 Å². The van der Waals surface area contributed by atoms with Gasteiger partial charge in [-0.25, -0.2) is 0 Å². The van der Waals surface area contributed by atoms with E-state index in [1.54, 1.807) is 18.2 Å². The quantitative estimate of drug-likeness (QED) is 0.626. The molecule has 0 aliphatic carbocycles. The Morgan fingerprint density at radius 3 is 2.09 bits per heavy atom. The molecule has 0 N–H and O–H groups in total. The van der Waals surface area contributed by atoms with Crippen LogP contribution in [0.2, 0.25) is 0 Å². The lowest BCUT2D eigenvalue weighted by Gasteiger charge is -2.35. The Morgan fingerprint density at radius 1 is 0.719 bits per heavy atom. The second kappa shape index (κ2) is 10.8. The van der Waals surface area contributed by atoms with Crippen molar-refractivity contribution in [3.05, 3.63) is 23.8 Å². The lowest BCUT2D eigenvalue weighted by molar-refractivity contribution is -0.135. The Kier molecular flexibility index (Phi) is 7.63. The highest BCUT2D eigenvalue weighted by atomic mass is 16.6. The minimum Gasteiger partial charge on any atom is -0.486 e. The number of ketones is 1. The average Bonchev–Trinajstić information content (AvgIpc) is 3.12. The Hall–Kier alpha value is -2.61. The van der Waals surface area contributed by atoms with Crippen LogP contribution in [0.5, 0.6) is 11.5 Å². The van der Waals surface area contributed by atoms with Gasteiger partial charge in [-0.1, -0.05) is 12.8 Å². The van der Waals surface area contributed by atoms with Crippen LogP contribution in [0.15, 0.2) is 18.2 Å². The standard InChI is InChI=1S/C24H33N3O5/c28-20(19-5-7-21-22(17-19)32-16-15-31-21)6-8-23(29)27-13-11-25(12-14-27)18-24(30)26-9-3-1-2-4-10-26/h5,7,17H,1-4,6,8-16,18H2. The molecule has 0 bridgehead atoms. The first kappa shape index (κ1) is 22.6. The Bertz CT molecular complexity index is 827. The van der Waals surface area contributed by atoms with Gasteiger partial charge in [-0.05, 0) is 31.0 Å². The molecule has 0 aromatic heterocycles. The fraction of sp³-hybridized carbons (Fsp3) is 0.625. The number of nitrogens with zero attached hydrogens (tertiary/aromatic N) is 3. The van der Waals surface area contributed by atoms with Gasteiger partial charge in [0, 0.05) is 57.7 Å². The van der Waals surface area contributed by atoms with Gasteiger partial charge in [0.25, 0.3) is 0 Å². The number of piperazine rings is 1. The third-order valence-corrected chi connectivity index (χ3v) is 6.47. The number of ether oxygens (including phenoxy) is 2. The number of rotatable bonds is 6. The number of amides is 2. The lowest BCUT2D eigenvalue weighted by Crippen LogP contribution is -2.51. The van der Waals surface area contributed by atoms with Crippen molar-refractivity contribution in [2.75, 3.05) is 59.0 Å². The van der Waals surface area contributed by atoms with Gasteiger partial charge in [0.1, 0.15) is 13.2 Å². The van der Waals surface area contributed by atoms with Crippen molar-refractivity contribution in [2.24, 2.45) is 0 Å². The molecule has 0 unspecified atom stereocenters. The molecule has 0 radical (unpaired) electrons. The van der Waals surface area contributed by atoms with E-state index in [0.29, 0.717) is 63.0 Å². The minimum absolute atomic E-state index is 0.00520. The first-order valence-corrected chi connectivity index (χ1v) is 11.8. The summed E-state index contributed by atoms with van der Waals surface area (Å²) in [6, 6.07) is 5.16. The van der Waals surface area contributed by atoms with Crippen LogP contribution < -0.4 is 9.47 Å². The molecule has 3 heterocycles. The van der Waals surface area contributed by atoms with Crippen LogP contribution in [0.3, 0.4) is 0 Å². The molecule has 3 aliphatic heterocycles. The van der Waals surface area contributed by atoms with Crippen LogP contribution in [0, 0.1) is 0 Å². The van der Waals surface area contributed by atoms with Gasteiger partial charge in [-0.2, -0.15) is 0 Å². The van der Waals surface area contributed by atoms with E-state index in [4.69, 9.17) is 9.47 Å². The van der Waals surface area contributed by atoms with E-state index in [9.17, 15) is 14.4 Å².